The van der Waals surface area contributed by atoms with Crippen LogP contribution in [0.2, 0.25) is 5.02 Å². The highest BCUT2D eigenvalue weighted by Crippen LogP contribution is 2.48. The standard InChI is InChI=1S/C31H38ClN2O3Si/c1-4-5-6-12-17-31(3,22(2)26-15-10-11-16-27(26)32)20-28(37-38)29-33-21-25(34-29)19-24(30(35)36)18-23-13-8-7-9-14-23/h7-11,13-16,19,21-22,28H,4-6,12,17-18,20H2,1-3H3,(H,33,34)(H,35,36)/b24-19+. The molecule has 0 aliphatic carbocycles. The van der Waals surface area contributed by atoms with Crippen LogP contribution in [0.4, 0.5) is 0 Å². The van der Waals surface area contributed by atoms with Gasteiger partial charge in [-0.2, -0.15) is 0 Å². The molecule has 0 aliphatic rings. The van der Waals surface area contributed by atoms with Crippen molar-refractivity contribution in [1.29, 1.82) is 0 Å². The Morgan fingerprint density at radius 2 is 1.87 bits per heavy atom. The molecule has 0 bridgehead atoms. The second-order valence-electron chi connectivity index (χ2n) is 10.4. The van der Waals surface area contributed by atoms with E-state index in [1.807, 2.05) is 48.5 Å². The summed E-state index contributed by atoms with van der Waals surface area (Å²) in [7, 11) is 3.31. The summed E-state index contributed by atoms with van der Waals surface area (Å²) in [5.41, 5.74) is 2.88. The van der Waals surface area contributed by atoms with Crippen LogP contribution >= 0.6 is 11.6 Å². The van der Waals surface area contributed by atoms with E-state index in [9.17, 15) is 9.90 Å². The Hall–Kier alpha value is -2.67. The van der Waals surface area contributed by atoms with Gasteiger partial charge in [0.25, 0.3) is 0 Å². The quantitative estimate of drug-likeness (QED) is 0.114. The molecule has 3 aromatic rings. The number of nitrogens with one attached hydrogen (secondary N) is 1. The fourth-order valence-corrected chi connectivity index (χ4v) is 5.55. The Balaban J connectivity index is 1.84. The molecule has 201 valence electrons. The number of carboxylic acid groups (broad SMARTS) is 1. The van der Waals surface area contributed by atoms with Crippen LogP contribution < -0.4 is 0 Å². The van der Waals surface area contributed by atoms with Crippen LogP contribution in [0.25, 0.3) is 6.08 Å². The first-order valence-corrected chi connectivity index (χ1v) is 14.2. The molecule has 3 unspecified atom stereocenters. The van der Waals surface area contributed by atoms with Gasteiger partial charge in [-0.15, -0.1) is 0 Å². The van der Waals surface area contributed by atoms with Crippen molar-refractivity contribution in [2.24, 2.45) is 5.41 Å². The predicted molar refractivity (Wildman–Crippen MR) is 155 cm³/mol. The summed E-state index contributed by atoms with van der Waals surface area (Å²) in [4.78, 5) is 19.8. The predicted octanol–water partition coefficient (Wildman–Crippen LogP) is 8.09. The lowest BCUT2D eigenvalue weighted by atomic mass is 9.68. The van der Waals surface area contributed by atoms with Gasteiger partial charge in [-0.1, -0.05) is 107 Å². The molecule has 7 heteroatoms. The number of H-pyrrole nitrogens is 1. The number of rotatable bonds is 15. The molecule has 1 aromatic heterocycles. The van der Waals surface area contributed by atoms with Gasteiger partial charge in [-0.25, -0.2) is 9.78 Å². The van der Waals surface area contributed by atoms with E-state index >= 15 is 0 Å². The largest absolute Gasteiger partial charge is 0.478 e. The Morgan fingerprint density at radius 3 is 2.53 bits per heavy atom. The van der Waals surface area contributed by atoms with E-state index in [1.54, 1.807) is 12.3 Å². The van der Waals surface area contributed by atoms with Crippen LogP contribution in [-0.4, -0.2) is 31.5 Å². The fourth-order valence-electron chi connectivity index (χ4n) is 5.05. The number of imidazole rings is 1. The molecule has 1 heterocycles. The Morgan fingerprint density at radius 1 is 1.16 bits per heavy atom. The molecule has 3 atom stereocenters. The molecule has 0 fully saturated rings. The number of halogens is 1. The van der Waals surface area contributed by atoms with Crippen LogP contribution in [0.3, 0.4) is 0 Å². The van der Waals surface area contributed by atoms with Crippen molar-refractivity contribution in [2.45, 2.75) is 77.7 Å². The molecule has 0 saturated carbocycles. The maximum Gasteiger partial charge on any atom is 0.331 e. The molecule has 0 spiro atoms. The van der Waals surface area contributed by atoms with Crippen LogP contribution in [0.5, 0.6) is 0 Å². The Bertz CT molecular complexity index is 1200. The number of benzene rings is 2. The maximum atomic E-state index is 11.9. The van der Waals surface area contributed by atoms with Gasteiger partial charge in [-0.3, -0.25) is 0 Å². The molecular weight excluding hydrogens is 512 g/mol. The molecule has 3 radical (unpaired) electrons. The lowest BCUT2D eigenvalue weighted by Crippen LogP contribution is -2.28. The minimum atomic E-state index is -0.953. The van der Waals surface area contributed by atoms with Gasteiger partial charge in [0.15, 0.2) is 0 Å². The first kappa shape index (κ1) is 29.9. The maximum absolute atomic E-state index is 11.9. The minimum Gasteiger partial charge on any atom is -0.478 e. The third kappa shape index (κ3) is 8.16. The summed E-state index contributed by atoms with van der Waals surface area (Å²) in [5.74, 6) is -0.103. The van der Waals surface area contributed by atoms with E-state index < -0.39 is 5.97 Å². The average molecular weight is 550 g/mol. The zero-order valence-electron chi connectivity index (χ0n) is 22.5. The summed E-state index contributed by atoms with van der Waals surface area (Å²) in [6, 6.07) is 17.6. The molecule has 0 saturated heterocycles. The summed E-state index contributed by atoms with van der Waals surface area (Å²) in [5, 5.41) is 10.6. The molecule has 5 nitrogen and oxygen atoms in total. The first-order valence-electron chi connectivity index (χ1n) is 13.4. The molecular formula is C31H38ClN2O3Si. The number of aliphatic carboxylic acids is 1. The molecule has 38 heavy (non-hydrogen) atoms. The van der Waals surface area contributed by atoms with Crippen molar-refractivity contribution in [3.8, 4) is 0 Å². The average Bonchev–Trinajstić information content (AvgIpc) is 3.38. The Labute approximate surface area is 235 Å². The number of aromatic amines is 1. The van der Waals surface area contributed by atoms with E-state index in [1.165, 1.54) is 19.3 Å². The van der Waals surface area contributed by atoms with Gasteiger partial charge in [0.1, 0.15) is 11.9 Å². The van der Waals surface area contributed by atoms with Gasteiger partial charge in [0.2, 0.25) is 10.5 Å². The number of hydrogen-bond acceptors (Lipinski definition) is 3. The van der Waals surface area contributed by atoms with Crippen LogP contribution in [-0.2, 0) is 15.6 Å². The minimum absolute atomic E-state index is 0.113. The van der Waals surface area contributed by atoms with Gasteiger partial charge >= 0.3 is 5.97 Å². The number of unbranched alkanes of at least 4 members (excludes halogenated alkanes) is 3. The summed E-state index contributed by atoms with van der Waals surface area (Å²) in [6.07, 6.45) is 9.75. The first-order chi connectivity index (χ1) is 18.3. The van der Waals surface area contributed by atoms with Gasteiger partial charge in [-0.05, 0) is 47.4 Å². The van der Waals surface area contributed by atoms with Gasteiger partial charge < -0.3 is 14.5 Å². The van der Waals surface area contributed by atoms with Crippen molar-refractivity contribution < 1.29 is 14.3 Å². The summed E-state index contributed by atoms with van der Waals surface area (Å²) in [6.45, 7) is 6.76. The smallest absolute Gasteiger partial charge is 0.331 e. The molecule has 2 N–H and O–H groups in total. The lowest BCUT2D eigenvalue weighted by molar-refractivity contribution is -0.132. The lowest BCUT2D eigenvalue weighted by Gasteiger charge is -2.39. The van der Waals surface area contributed by atoms with Crippen LogP contribution in [0.1, 0.15) is 94.0 Å². The molecule has 2 aromatic carbocycles. The Kier molecular flexibility index (Phi) is 11.4. The fraction of sp³-hybridized carbons (Fsp3) is 0.419. The summed E-state index contributed by atoms with van der Waals surface area (Å²) >= 11 is 6.62. The van der Waals surface area contributed by atoms with Crippen molar-refractivity contribution in [3.63, 3.8) is 0 Å². The van der Waals surface area contributed by atoms with E-state index in [4.69, 9.17) is 16.0 Å². The molecule has 0 aliphatic heterocycles. The van der Waals surface area contributed by atoms with E-state index in [0.29, 0.717) is 24.4 Å². The monoisotopic (exact) mass is 549 g/mol. The third-order valence-electron chi connectivity index (χ3n) is 7.57. The summed E-state index contributed by atoms with van der Waals surface area (Å²) < 4.78 is 5.78. The second-order valence-corrected chi connectivity index (χ2v) is 11.0. The van der Waals surface area contributed by atoms with Crippen molar-refractivity contribution >= 4 is 34.1 Å². The number of carboxylic acids is 1. The number of hydrogen-bond donors (Lipinski definition) is 2. The zero-order chi connectivity index (χ0) is 27.5. The number of aromatic nitrogens is 2. The second kappa shape index (κ2) is 14.5. The van der Waals surface area contributed by atoms with Crippen molar-refractivity contribution in [3.05, 3.63) is 94.0 Å². The van der Waals surface area contributed by atoms with E-state index in [0.717, 1.165) is 29.0 Å². The van der Waals surface area contributed by atoms with Crippen molar-refractivity contribution in [2.75, 3.05) is 0 Å². The van der Waals surface area contributed by atoms with E-state index in [2.05, 4.69) is 47.3 Å². The van der Waals surface area contributed by atoms with Crippen LogP contribution in [0, 0.1) is 5.41 Å². The normalized spacial score (nSPS) is 15.1. The third-order valence-corrected chi connectivity index (χ3v) is 8.20. The number of carbonyl (C=O) groups is 1. The molecule has 0 amide bonds. The van der Waals surface area contributed by atoms with Crippen LogP contribution in [0.15, 0.2) is 66.4 Å². The highest BCUT2D eigenvalue weighted by molar-refractivity contribution is 6.31. The molecule has 3 rings (SSSR count). The number of nitrogens with zero attached hydrogens (tertiary/aromatic N) is 1. The van der Waals surface area contributed by atoms with Gasteiger partial charge in [0, 0.05) is 17.0 Å². The SMILES string of the molecule is CCCCCCC(C)(CC(O[Si])c1ncc(/C=C(\Cc2ccccc2)C(=O)O)[nH]1)C(C)c1ccccc1Cl. The van der Waals surface area contributed by atoms with E-state index in [-0.39, 0.29) is 23.0 Å². The topological polar surface area (TPSA) is 75.2 Å². The van der Waals surface area contributed by atoms with Crippen molar-refractivity contribution in [1.82, 2.24) is 9.97 Å². The zero-order valence-corrected chi connectivity index (χ0v) is 24.3. The highest BCUT2D eigenvalue weighted by atomic mass is 35.5. The van der Waals surface area contributed by atoms with Gasteiger partial charge in [0.05, 0.1) is 11.9 Å². The highest BCUT2D eigenvalue weighted by Gasteiger charge is 2.36.